The Morgan fingerprint density at radius 3 is 0.364 bits per heavy atom. The van der Waals surface area contributed by atoms with E-state index in [1.165, 1.54) is 0 Å². The third-order valence-corrected chi connectivity index (χ3v) is 19.3. The molecule has 22 nitrogen and oxygen atoms in total. The van der Waals surface area contributed by atoms with Crippen LogP contribution in [0, 0.1) is 32.5 Å². The van der Waals surface area contributed by atoms with Crippen molar-refractivity contribution in [2.24, 2.45) is 62.4 Å². The Labute approximate surface area is 826 Å². The van der Waals surface area contributed by atoms with Crippen molar-refractivity contribution in [2.75, 3.05) is 0 Å². The molecule has 0 aromatic rings. The van der Waals surface area contributed by atoms with Crippen molar-refractivity contribution in [3.63, 3.8) is 0 Å². The van der Waals surface area contributed by atoms with E-state index in [9.17, 15) is 28.8 Å². The van der Waals surface area contributed by atoms with Crippen molar-refractivity contribution in [3.05, 3.63) is 0 Å². The largest absolute Gasteiger partial charge is 0.341 e. The molecule has 780 valence electrons. The molecule has 0 aromatic carbocycles. The minimum atomic E-state index is -0.467. The van der Waals surface area contributed by atoms with E-state index in [-0.39, 0.29) is 134 Å². The first-order valence-corrected chi connectivity index (χ1v) is 49.9. The Bertz CT molecular complexity index is 3350. The maximum Gasteiger partial charge on any atom is 0.253 e. The zero-order valence-electron chi connectivity index (χ0n) is 101. The molecule has 0 rings (SSSR count). The van der Waals surface area contributed by atoms with Crippen LogP contribution < -0.4 is 21.3 Å². The lowest BCUT2D eigenvalue weighted by atomic mass is 9.94. The second-order valence-corrected chi connectivity index (χ2v) is 63.2. The number of amides is 6. The maximum absolute atomic E-state index is 12.5. The van der Waals surface area contributed by atoms with Crippen LogP contribution in [0.4, 0.5) is 0 Å². The highest BCUT2D eigenvalue weighted by Gasteiger charge is 2.45. The van der Waals surface area contributed by atoms with Crippen LogP contribution in [-0.2, 0) is 28.8 Å². The first-order chi connectivity index (χ1) is 56.1. The Hall–Kier alpha value is -5.26. The highest BCUT2D eigenvalue weighted by molar-refractivity contribution is 8.15. The molecule has 0 aromatic heterocycles. The monoisotopic (exact) mass is 1900 g/mol. The zero-order chi connectivity index (χ0) is 109. The fraction of sp³-hybridized carbons (Fsp3) is 0.889. The lowest BCUT2D eigenvalue weighted by molar-refractivity contribution is -0.128. The van der Waals surface area contributed by atoms with Crippen LogP contribution in [0.1, 0.15) is 499 Å². The number of nitrogens with zero attached hydrogens (tertiary/aromatic N) is 12. The summed E-state index contributed by atoms with van der Waals surface area (Å²) in [6.45, 7) is 149. The van der Waals surface area contributed by atoms with E-state index in [4.69, 9.17) is 20.0 Å². The first-order valence-electron chi connectivity index (χ1n) is 48.2. The van der Waals surface area contributed by atoms with E-state index in [1.807, 2.05) is 208 Å². The molecule has 0 fully saturated rings. The number of hydrogen-bond donors (Lipinski definition) is 4. The first kappa shape index (κ1) is 137. The van der Waals surface area contributed by atoms with Gasteiger partial charge in [-0.25, -0.2) is 20.0 Å². The molecule has 0 radical (unpaired) electrons. The Balaban J connectivity index is -0.000000361. The summed E-state index contributed by atoms with van der Waals surface area (Å²) in [7, 11) is 0. The number of amidine groups is 2. The minimum Gasteiger partial charge on any atom is -0.341 e. The van der Waals surface area contributed by atoms with Gasteiger partial charge in [-0.3, -0.25) is 50.0 Å². The maximum atomic E-state index is 12.5. The standard InChI is InChI=1S/4C18H37N3O.2C18H36N2OS/c4*1-15(2,3)13(22)19-14(20-16(4,5)6)21(17(7,8)9)18(10,11)12;2*1-15(2,3)13(21)19-14(22-18(10,11)12)20(16(4,5)6)17(7,8)9/h4*1-12H3,(H,19,20,22);2*1-12H3. The average Bonchev–Trinajstić information content (AvgIpc) is 0.815. The number of nitrogens with one attached hydrogen (secondary N) is 4. The molecule has 0 aliphatic heterocycles. The molecule has 0 aliphatic rings. The van der Waals surface area contributed by atoms with Gasteiger partial charge < -0.3 is 29.4 Å². The topological polar surface area (TPSA) is 244 Å². The van der Waals surface area contributed by atoms with Gasteiger partial charge in [-0.2, -0.15) is 9.98 Å². The van der Waals surface area contributed by atoms with Gasteiger partial charge in [-0.1, -0.05) is 190 Å². The molecule has 132 heavy (non-hydrogen) atoms. The molecule has 24 heteroatoms. The summed E-state index contributed by atoms with van der Waals surface area (Å²) >= 11 is 3.33. The van der Waals surface area contributed by atoms with E-state index >= 15 is 0 Å². The third kappa shape index (κ3) is 58.5. The van der Waals surface area contributed by atoms with Crippen LogP contribution in [0.15, 0.2) is 30.0 Å². The molecular weight excluding hydrogens is 1680 g/mol. The Morgan fingerprint density at radius 1 is 0.174 bits per heavy atom. The summed E-state index contributed by atoms with van der Waals surface area (Å²) in [6.07, 6.45) is 0. The van der Waals surface area contributed by atoms with Gasteiger partial charge in [0.2, 0.25) is 47.5 Å². The molecule has 6 amide bonds. The molecule has 0 heterocycles. The van der Waals surface area contributed by atoms with Gasteiger partial charge in [0, 0.05) is 108 Å². The molecule has 0 unspecified atom stereocenters. The molecule has 0 spiro atoms. The molecule has 0 saturated carbocycles. The molecule has 0 bridgehead atoms. The highest BCUT2D eigenvalue weighted by Crippen LogP contribution is 2.40. The molecule has 4 N–H and O–H groups in total. The number of guanidine groups is 4. The van der Waals surface area contributed by atoms with Crippen LogP contribution in [0.3, 0.4) is 0 Å². The van der Waals surface area contributed by atoms with E-state index < -0.39 is 32.5 Å². The number of hydrogen-bond acceptors (Lipinski definition) is 12. The van der Waals surface area contributed by atoms with Crippen molar-refractivity contribution in [1.82, 2.24) is 50.7 Å². The number of carbonyl (C=O) groups excluding carboxylic acids is 6. The van der Waals surface area contributed by atoms with Gasteiger partial charge in [-0.05, 0) is 332 Å². The van der Waals surface area contributed by atoms with Crippen LogP contribution in [0.2, 0.25) is 0 Å². The number of thioether (sulfide) groups is 2. The van der Waals surface area contributed by atoms with E-state index in [0.717, 1.165) is 10.3 Å². The van der Waals surface area contributed by atoms with Gasteiger partial charge in [-0.15, -0.1) is 0 Å². The highest BCUT2D eigenvalue weighted by atomic mass is 32.2. The number of aliphatic imine (C=N–C) groups is 6. The van der Waals surface area contributed by atoms with Crippen LogP contribution >= 0.6 is 23.5 Å². The predicted molar refractivity (Wildman–Crippen MR) is 586 cm³/mol. The Morgan fingerprint density at radius 2 is 0.288 bits per heavy atom. The summed E-state index contributed by atoms with van der Waals surface area (Å²) < 4.78 is -0.0164. The van der Waals surface area contributed by atoms with Crippen molar-refractivity contribution in [3.8, 4) is 0 Å². The summed E-state index contributed by atoms with van der Waals surface area (Å²) in [5.74, 6) is 2.36. The van der Waals surface area contributed by atoms with Crippen LogP contribution in [0.25, 0.3) is 0 Å². The fourth-order valence-corrected chi connectivity index (χ4v) is 16.6. The van der Waals surface area contributed by atoms with E-state index in [1.54, 1.807) is 23.5 Å². The summed E-state index contributed by atoms with van der Waals surface area (Å²) in [5.41, 5.74) is -5.59. The second-order valence-electron chi connectivity index (χ2n) is 59.6. The van der Waals surface area contributed by atoms with Crippen LogP contribution in [0.5, 0.6) is 0 Å². The number of carbonyl (C=O) groups is 6. The van der Waals surface area contributed by atoms with Crippen molar-refractivity contribution >= 4 is 93.1 Å². The fourth-order valence-electron chi connectivity index (χ4n) is 14.0. The number of rotatable bonds is 0. The second kappa shape index (κ2) is 46.7. The minimum absolute atomic E-state index is 0.00819. The predicted octanol–water partition coefficient (Wildman–Crippen LogP) is 27.5. The summed E-state index contributed by atoms with van der Waals surface area (Å²) in [4.78, 5) is 117. The Kier molecular flexibility index (Phi) is 48.6. The van der Waals surface area contributed by atoms with E-state index in [0.29, 0.717) is 23.8 Å². The SMILES string of the molecule is CC(C)(C)N=C(NC(=O)C(C)(C)C)N(C(C)(C)C)C(C)(C)C.CC(C)(C)N=C(NC(=O)C(C)(C)C)N(C(C)(C)C)C(C)(C)C.CC(C)(C)N=C(NC(=O)C(C)(C)C)N(C(C)(C)C)C(C)(C)C.CC(C)(C)N=C(NC(=O)C(C)(C)C)N(C(C)(C)C)C(C)(C)C.CC(C)(C)SC(=NC(=O)C(C)(C)C)N(C(C)(C)C)C(C)(C)C.CC(C)(C)SC(=NC(=O)C(C)(C)C)N(C(C)(C)C)C(C)(C)C. The lowest BCUT2D eigenvalue weighted by Gasteiger charge is -2.48. The smallest absolute Gasteiger partial charge is 0.253 e. The van der Waals surface area contributed by atoms with Gasteiger partial charge in [0.25, 0.3) is 11.8 Å². The average molecular weight is 1900 g/mol. The van der Waals surface area contributed by atoms with Crippen molar-refractivity contribution < 1.29 is 28.8 Å². The van der Waals surface area contributed by atoms with Gasteiger partial charge in [0.1, 0.15) is 0 Å². The van der Waals surface area contributed by atoms with Gasteiger partial charge in [0.05, 0.1) is 22.2 Å². The third-order valence-electron chi connectivity index (χ3n) is 17.1. The van der Waals surface area contributed by atoms with E-state index in [2.05, 4.69) is 351 Å². The molecule has 0 atom stereocenters. The quantitative estimate of drug-likeness (QED) is 0.130. The van der Waals surface area contributed by atoms with Crippen LogP contribution in [-0.4, -0.2) is 197 Å². The molecular formula is C108H220N16O6S2. The summed E-state index contributed by atoms with van der Waals surface area (Å²) in [5, 5.41) is 13.9. The zero-order valence-corrected chi connectivity index (χ0v) is 102. The van der Waals surface area contributed by atoms with Gasteiger partial charge in [0.15, 0.2) is 10.3 Å². The normalized spacial score (nSPS) is 14.9. The van der Waals surface area contributed by atoms with Crippen molar-refractivity contribution in [1.29, 1.82) is 0 Å². The molecule has 0 saturated heterocycles. The van der Waals surface area contributed by atoms with Crippen molar-refractivity contribution in [2.45, 2.75) is 597 Å². The molecule has 0 aliphatic carbocycles. The summed E-state index contributed by atoms with van der Waals surface area (Å²) in [6, 6.07) is 0. The van der Waals surface area contributed by atoms with Gasteiger partial charge >= 0.3 is 0 Å². The lowest BCUT2D eigenvalue weighted by Crippen LogP contribution is -2.61.